The molecule has 152 valence electrons. The number of anilines is 1. The second-order valence-corrected chi connectivity index (χ2v) is 7.21. The van der Waals surface area contributed by atoms with Gasteiger partial charge in [-0.25, -0.2) is 9.97 Å². The first kappa shape index (κ1) is 19.6. The molecule has 0 atom stereocenters. The Balaban J connectivity index is 1.50. The van der Waals surface area contributed by atoms with Gasteiger partial charge in [0, 0.05) is 10.9 Å². The third kappa shape index (κ3) is 3.87. The Bertz CT molecular complexity index is 1280. The summed E-state index contributed by atoms with van der Waals surface area (Å²) in [6.45, 7) is -0.151. The summed E-state index contributed by atoms with van der Waals surface area (Å²) in [4.78, 5) is 33.6. The first-order chi connectivity index (χ1) is 14.6. The molecule has 30 heavy (non-hydrogen) atoms. The maximum absolute atomic E-state index is 12.5. The number of thiazole rings is 1. The Labute approximate surface area is 175 Å². The highest BCUT2D eigenvalue weighted by molar-refractivity contribution is 7.14. The first-order valence-electron chi connectivity index (χ1n) is 9.01. The Hall–Kier alpha value is -3.72. The van der Waals surface area contributed by atoms with Gasteiger partial charge < -0.3 is 14.8 Å². The van der Waals surface area contributed by atoms with Gasteiger partial charge >= 0.3 is 0 Å². The van der Waals surface area contributed by atoms with Crippen LogP contribution in [-0.2, 0) is 11.3 Å². The molecule has 0 unspecified atom stereocenters. The zero-order valence-electron chi connectivity index (χ0n) is 16.3. The van der Waals surface area contributed by atoms with E-state index < -0.39 is 0 Å². The van der Waals surface area contributed by atoms with E-state index in [0.29, 0.717) is 33.2 Å². The molecule has 0 saturated heterocycles. The maximum Gasteiger partial charge on any atom is 0.261 e. The molecule has 1 N–H and O–H groups in total. The average Bonchev–Trinajstić information content (AvgIpc) is 3.23. The zero-order chi connectivity index (χ0) is 21.1. The molecule has 4 aromatic rings. The van der Waals surface area contributed by atoms with Gasteiger partial charge in [0.15, 0.2) is 16.6 Å². The van der Waals surface area contributed by atoms with E-state index in [-0.39, 0.29) is 18.0 Å². The van der Waals surface area contributed by atoms with Crippen molar-refractivity contribution >= 4 is 33.3 Å². The van der Waals surface area contributed by atoms with Crippen LogP contribution < -0.4 is 20.3 Å². The van der Waals surface area contributed by atoms with Crippen LogP contribution in [0, 0.1) is 0 Å². The standard InChI is InChI=1S/C21H18N4O4S/c1-28-17-8-7-13(9-18(17)29-2)16-11-30-21(23-16)24-19(26)10-25-12-22-15-6-4-3-5-14(15)20(25)27/h3-9,11-12H,10H2,1-2H3,(H,23,24,26). The monoisotopic (exact) mass is 422 g/mol. The minimum Gasteiger partial charge on any atom is -0.493 e. The summed E-state index contributed by atoms with van der Waals surface area (Å²) in [5.74, 6) is 0.860. The molecule has 0 aliphatic rings. The van der Waals surface area contributed by atoms with E-state index in [0.717, 1.165) is 5.56 Å². The third-order valence-electron chi connectivity index (χ3n) is 4.48. The molecule has 0 saturated carbocycles. The lowest BCUT2D eigenvalue weighted by Crippen LogP contribution is -2.27. The molecule has 1 amide bonds. The molecule has 2 aromatic heterocycles. The Morgan fingerprint density at radius 3 is 2.73 bits per heavy atom. The van der Waals surface area contributed by atoms with Gasteiger partial charge in [0.2, 0.25) is 5.91 Å². The molecule has 0 spiro atoms. The van der Waals surface area contributed by atoms with Crippen molar-refractivity contribution in [3.05, 3.63) is 64.5 Å². The average molecular weight is 422 g/mol. The molecule has 0 radical (unpaired) electrons. The van der Waals surface area contributed by atoms with Crippen LogP contribution in [0.4, 0.5) is 5.13 Å². The number of carbonyl (C=O) groups is 1. The third-order valence-corrected chi connectivity index (χ3v) is 5.23. The normalized spacial score (nSPS) is 10.7. The molecular formula is C21H18N4O4S. The fourth-order valence-electron chi connectivity index (χ4n) is 2.99. The number of hydrogen-bond acceptors (Lipinski definition) is 7. The fraction of sp³-hybridized carbons (Fsp3) is 0.143. The number of aromatic nitrogens is 3. The van der Waals surface area contributed by atoms with E-state index in [9.17, 15) is 9.59 Å². The molecule has 8 nitrogen and oxygen atoms in total. The summed E-state index contributed by atoms with van der Waals surface area (Å²) in [7, 11) is 3.14. The van der Waals surface area contributed by atoms with Gasteiger partial charge in [0.1, 0.15) is 6.54 Å². The van der Waals surface area contributed by atoms with Crippen LogP contribution in [0.15, 0.2) is 59.0 Å². The van der Waals surface area contributed by atoms with Crippen LogP contribution in [0.1, 0.15) is 0 Å². The highest BCUT2D eigenvalue weighted by Gasteiger charge is 2.12. The second kappa shape index (κ2) is 8.34. The summed E-state index contributed by atoms with van der Waals surface area (Å²) in [5, 5.41) is 5.47. The van der Waals surface area contributed by atoms with E-state index in [4.69, 9.17) is 9.47 Å². The summed E-state index contributed by atoms with van der Waals surface area (Å²) < 4.78 is 11.8. The van der Waals surface area contributed by atoms with E-state index in [1.54, 1.807) is 38.5 Å². The number of para-hydroxylation sites is 1. The minimum absolute atomic E-state index is 0.151. The fourth-order valence-corrected chi connectivity index (χ4v) is 3.73. The van der Waals surface area contributed by atoms with Gasteiger partial charge in [-0.05, 0) is 30.3 Å². The smallest absolute Gasteiger partial charge is 0.261 e. The molecule has 0 fully saturated rings. The van der Waals surface area contributed by atoms with Crippen LogP contribution in [0.2, 0.25) is 0 Å². The SMILES string of the molecule is COc1ccc(-c2csc(NC(=O)Cn3cnc4ccccc4c3=O)n2)cc1OC. The van der Waals surface area contributed by atoms with Gasteiger partial charge in [0.25, 0.3) is 5.56 Å². The number of hydrogen-bond donors (Lipinski definition) is 1. The topological polar surface area (TPSA) is 95.3 Å². The summed E-state index contributed by atoms with van der Waals surface area (Å²) in [6.07, 6.45) is 1.38. The Morgan fingerprint density at radius 1 is 1.13 bits per heavy atom. The number of fused-ring (bicyclic) bond motifs is 1. The predicted octanol–water partition coefficient (Wildman–Crippen LogP) is 3.18. The molecule has 9 heteroatoms. The van der Waals surface area contributed by atoms with Crippen molar-refractivity contribution in [1.82, 2.24) is 14.5 Å². The van der Waals surface area contributed by atoms with Crippen LogP contribution in [0.25, 0.3) is 22.2 Å². The van der Waals surface area contributed by atoms with Crippen molar-refractivity contribution < 1.29 is 14.3 Å². The van der Waals surface area contributed by atoms with Crippen molar-refractivity contribution in [3.63, 3.8) is 0 Å². The molecule has 4 rings (SSSR count). The number of benzene rings is 2. The van der Waals surface area contributed by atoms with E-state index in [1.807, 2.05) is 23.6 Å². The second-order valence-electron chi connectivity index (χ2n) is 6.35. The van der Waals surface area contributed by atoms with Gasteiger partial charge in [-0.3, -0.25) is 14.2 Å². The quantitative estimate of drug-likeness (QED) is 0.513. The summed E-state index contributed by atoms with van der Waals surface area (Å²) >= 11 is 1.30. The Kier molecular flexibility index (Phi) is 5.44. The van der Waals surface area contributed by atoms with E-state index in [2.05, 4.69) is 15.3 Å². The molecule has 2 heterocycles. The number of carbonyl (C=O) groups excluding carboxylic acids is 1. The number of amides is 1. The van der Waals surface area contributed by atoms with Gasteiger partial charge in [-0.2, -0.15) is 0 Å². The maximum atomic E-state index is 12.5. The number of nitrogens with zero attached hydrogens (tertiary/aromatic N) is 3. The minimum atomic E-state index is -0.359. The molecule has 0 aliphatic heterocycles. The highest BCUT2D eigenvalue weighted by atomic mass is 32.1. The first-order valence-corrected chi connectivity index (χ1v) is 9.89. The highest BCUT2D eigenvalue weighted by Crippen LogP contribution is 2.33. The predicted molar refractivity (Wildman–Crippen MR) is 115 cm³/mol. The lowest BCUT2D eigenvalue weighted by atomic mass is 10.1. The Morgan fingerprint density at radius 2 is 1.93 bits per heavy atom. The number of rotatable bonds is 6. The summed E-state index contributed by atoms with van der Waals surface area (Å²) in [6, 6.07) is 12.5. The van der Waals surface area contributed by atoms with Crippen LogP contribution in [0.3, 0.4) is 0 Å². The molecule has 0 bridgehead atoms. The molecule has 0 aliphatic carbocycles. The largest absolute Gasteiger partial charge is 0.493 e. The lowest BCUT2D eigenvalue weighted by molar-refractivity contribution is -0.116. The van der Waals surface area contributed by atoms with Crippen molar-refractivity contribution in [3.8, 4) is 22.8 Å². The van der Waals surface area contributed by atoms with Crippen molar-refractivity contribution in [2.75, 3.05) is 19.5 Å². The number of nitrogens with one attached hydrogen (secondary N) is 1. The number of methoxy groups -OCH3 is 2. The number of ether oxygens (including phenoxy) is 2. The molecule has 2 aromatic carbocycles. The lowest BCUT2D eigenvalue weighted by Gasteiger charge is -2.08. The van der Waals surface area contributed by atoms with Crippen LogP contribution in [0.5, 0.6) is 11.5 Å². The van der Waals surface area contributed by atoms with Gasteiger partial charge in [-0.1, -0.05) is 12.1 Å². The zero-order valence-corrected chi connectivity index (χ0v) is 17.1. The molecular weight excluding hydrogens is 404 g/mol. The van der Waals surface area contributed by atoms with Crippen molar-refractivity contribution in [2.24, 2.45) is 0 Å². The van der Waals surface area contributed by atoms with Crippen LogP contribution >= 0.6 is 11.3 Å². The van der Waals surface area contributed by atoms with Gasteiger partial charge in [0.05, 0.1) is 37.1 Å². The van der Waals surface area contributed by atoms with Crippen LogP contribution in [-0.4, -0.2) is 34.7 Å². The van der Waals surface area contributed by atoms with E-state index in [1.165, 1.54) is 22.2 Å². The van der Waals surface area contributed by atoms with E-state index >= 15 is 0 Å². The van der Waals surface area contributed by atoms with Crippen molar-refractivity contribution in [1.29, 1.82) is 0 Å². The van der Waals surface area contributed by atoms with Gasteiger partial charge in [-0.15, -0.1) is 11.3 Å². The van der Waals surface area contributed by atoms with Crippen molar-refractivity contribution in [2.45, 2.75) is 6.54 Å². The summed E-state index contributed by atoms with van der Waals surface area (Å²) in [5.41, 5.74) is 1.86.